The van der Waals surface area contributed by atoms with Crippen LogP contribution in [0.25, 0.3) is 0 Å². The fourth-order valence-electron chi connectivity index (χ4n) is 1.29. The average molecular weight is 227 g/mol. The number of aromatic nitrogens is 1. The van der Waals surface area contributed by atoms with E-state index in [9.17, 15) is 13.2 Å². The Morgan fingerprint density at radius 1 is 1.06 bits per heavy atom. The summed E-state index contributed by atoms with van der Waals surface area (Å²) in [6.45, 7) is 0. The van der Waals surface area contributed by atoms with Gasteiger partial charge in [-0.3, -0.25) is 0 Å². The van der Waals surface area contributed by atoms with Crippen LogP contribution in [0.5, 0.6) is 11.5 Å². The second-order valence-corrected chi connectivity index (χ2v) is 3.14. The normalized spacial score (nSPS) is 11.4. The largest absolute Gasteiger partial charge is 0.455 e. The molecule has 1 aromatic carbocycles. The molecule has 2 rings (SSSR count). The quantitative estimate of drug-likeness (QED) is 0.828. The Morgan fingerprint density at radius 2 is 1.81 bits per heavy atom. The highest BCUT2D eigenvalue weighted by Gasteiger charge is 2.34. The third-order valence-electron chi connectivity index (χ3n) is 1.99. The van der Waals surface area contributed by atoms with Gasteiger partial charge in [0, 0.05) is 12.4 Å². The smallest absolute Gasteiger partial charge is 0.419 e. The zero-order chi connectivity index (χ0) is 11.6. The van der Waals surface area contributed by atoms with Gasteiger partial charge in [0.05, 0.1) is 5.56 Å². The van der Waals surface area contributed by atoms with Crippen molar-refractivity contribution in [3.8, 4) is 11.5 Å². The Kier molecular flexibility index (Phi) is 2.60. The Bertz CT molecular complexity index is 462. The van der Waals surface area contributed by atoms with Gasteiger partial charge in [-0.1, -0.05) is 12.1 Å². The molecule has 0 saturated carbocycles. The van der Waals surface area contributed by atoms with Gasteiger partial charge in [0.15, 0.2) is 0 Å². The maximum atomic E-state index is 12.6. The molecule has 0 aliphatic carbocycles. The predicted molar refractivity (Wildman–Crippen MR) is 52.3 cm³/mol. The van der Waals surface area contributed by atoms with E-state index in [4.69, 9.17) is 4.74 Å². The third-order valence-corrected chi connectivity index (χ3v) is 1.99. The van der Waals surface area contributed by atoms with E-state index >= 15 is 0 Å². The van der Waals surface area contributed by atoms with Crippen LogP contribution in [0.1, 0.15) is 5.56 Å². The van der Waals surface area contributed by atoms with Gasteiger partial charge >= 0.3 is 6.18 Å². The number of H-pyrrole nitrogens is 1. The summed E-state index contributed by atoms with van der Waals surface area (Å²) in [5.74, 6) is 0.145. The van der Waals surface area contributed by atoms with Gasteiger partial charge in [0.25, 0.3) is 0 Å². The molecular formula is C11H8F3NO. The fourth-order valence-corrected chi connectivity index (χ4v) is 1.29. The fraction of sp³-hybridized carbons (Fsp3) is 0.0909. The SMILES string of the molecule is FC(F)(F)c1ccccc1Oc1cc[nH]c1. The summed E-state index contributed by atoms with van der Waals surface area (Å²) in [6, 6.07) is 6.65. The molecule has 0 aliphatic heterocycles. The molecule has 0 bridgehead atoms. The lowest BCUT2D eigenvalue weighted by molar-refractivity contribution is -0.138. The minimum Gasteiger partial charge on any atom is -0.455 e. The molecule has 84 valence electrons. The van der Waals surface area contributed by atoms with Gasteiger partial charge in [0.2, 0.25) is 0 Å². The second-order valence-electron chi connectivity index (χ2n) is 3.14. The number of ether oxygens (including phenoxy) is 1. The highest BCUT2D eigenvalue weighted by molar-refractivity contribution is 5.38. The van der Waals surface area contributed by atoms with Crippen molar-refractivity contribution >= 4 is 0 Å². The molecule has 0 saturated heterocycles. The highest BCUT2D eigenvalue weighted by Crippen LogP contribution is 2.37. The van der Waals surface area contributed by atoms with Crippen LogP contribution >= 0.6 is 0 Å². The van der Waals surface area contributed by atoms with Crippen LogP contribution < -0.4 is 4.74 Å². The molecule has 0 spiro atoms. The molecule has 0 aliphatic rings. The first-order valence-corrected chi connectivity index (χ1v) is 4.54. The van der Waals surface area contributed by atoms with Crippen LogP contribution in [0.15, 0.2) is 42.7 Å². The summed E-state index contributed by atoms with van der Waals surface area (Å²) in [5, 5.41) is 0. The summed E-state index contributed by atoms with van der Waals surface area (Å²) >= 11 is 0. The van der Waals surface area contributed by atoms with E-state index < -0.39 is 11.7 Å². The van der Waals surface area contributed by atoms with E-state index in [1.165, 1.54) is 24.4 Å². The monoisotopic (exact) mass is 227 g/mol. The van der Waals surface area contributed by atoms with Crippen LogP contribution in [0.4, 0.5) is 13.2 Å². The molecule has 5 heteroatoms. The Hall–Kier alpha value is -1.91. The number of aromatic amines is 1. The standard InChI is InChI=1S/C11H8F3NO/c12-11(13,14)9-3-1-2-4-10(9)16-8-5-6-15-7-8/h1-7,15H. The van der Waals surface area contributed by atoms with Crippen molar-refractivity contribution in [2.45, 2.75) is 6.18 Å². The summed E-state index contributed by atoms with van der Waals surface area (Å²) < 4.78 is 42.9. The zero-order valence-electron chi connectivity index (χ0n) is 8.08. The number of nitrogens with one attached hydrogen (secondary N) is 1. The van der Waals surface area contributed by atoms with Crippen LogP contribution in [0.3, 0.4) is 0 Å². The third kappa shape index (κ3) is 2.18. The maximum absolute atomic E-state index is 12.6. The van der Waals surface area contributed by atoms with Crippen molar-refractivity contribution in [3.05, 3.63) is 48.3 Å². The number of rotatable bonds is 2. The average Bonchev–Trinajstić information content (AvgIpc) is 2.70. The van der Waals surface area contributed by atoms with Gasteiger partial charge in [0.1, 0.15) is 11.5 Å². The van der Waals surface area contributed by atoms with Crippen molar-refractivity contribution in [2.75, 3.05) is 0 Å². The van der Waals surface area contributed by atoms with Gasteiger partial charge in [-0.15, -0.1) is 0 Å². The summed E-state index contributed by atoms with van der Waals surface area (Å²) in [4.78, 5) is 2.70. The molecule has 0 atom stereocenters. The van der Waals surface area contributed by atoms with Gasteiger partial charge in [-0.25, -0.2) is 0 Å². The molecule has 2 nitrogen and oxygen atoms in total. The second kappa shape index (κ2) is 3.92. The van der Waals surface area contributed by atoms with Crippen LogP contribution in [0.2, 0.25) is 0 Å². The first-order valence-electron chi connectivity index (χ1n) is 4.54. The van der Waals surface area contributed by atoms with E-state index in [0.29, 0.717) is 5.75 Å². The zero-order valence-corrected chi connectivity index (χ0v) is 8.08. The maximum Gasteiger partial charge on any atom is 0.419 e. The van der Waals surface area contributed by atoms with E-state index in [2.05, 4.69) is 4.98 Å². The van der Waals surface area contributed by atoms with Gasteiger partial charge in [-0.2, -0.15) is 13.2 Å². The Balaban J connectivity index is 2.34. The number of benzene rings is 1. The summed E-state index contributed by atoms with van der Waals surface area (Å²) in [6.07, 6.45) is -1.36. The van der Waals surface area contributed by atoms with Crippen LogP contribution in [-0.4, -0.2) is 4.98 Å². The van der Waals surface area contributed by atoms with Crippen molar-refractivity contribution in [1.82, 2.24) is 4.98 Å². The van der Waals surface area contributed by atoms with Gasteiger partial charge < -0.3 is 9.72 Å². The van der Waals surface area contributed by atoms with Gasteiger partial charge in [-0.05, 0) is 18.2 Å². The summed E-state index contributed by atoms with van der Waals surface area (Å²) in [7, 11) is 0. The minimum atomic E-state index is -4.41. The molecule has 2 aromatic rings. The van der Waals surface area contributed by atoms with Crippen LogP contribution in [-0.2, 0) is 6.18 Å². The number of hydrogen-bond acceptors (Lipinski definition) is 1. The first-order chi connectivity index (χ1) is 7.57. The van der Waals surface area contributed by atoms with Crippen LogP contribution in [0, 0.1) is 0 Å². The number of alkyl halides is 3. The lowest BCUT2D eigenvalue weighted by Crippen LogP contribution is -2.06. The number of para-hydroxylation sites is 1. The Morgan fingerprint density at radius 3 is 2.44 bits per heavy atom. The number of halogens is 3. The molecule has 0 amide bonds. The molecule has 0 unspecified atom stereocenters. The van der Waals surface area contributed by atoms with E-state index in [-0.39, 0.29) is 5.75 Å². The van der Waals surface area contributed by atoms with E-state index in [0.717, 1.165) is 6.07 Å². The molecule has 1 heterocycles. The van der Waals surface area contributed by atoms with Crippen molar-refractivity contribution in [3.63, 3.8) is 0 Å². The molecule has 1 N–H and O–H groups in total. The number of hydrogen-bond donors (Lipinski definition) is 1. The highest BCUT2D eigenvalue weighted by atomic mass is 19.4. The van der Waals surface area contributed by atoms with Crippen molar-refractivity contribution in [1.29, 1.82) is 0 Å². The van der Waals surface area contributed by atoms with E-state index in [1.54, 1.807) is 12.3 Å². The van der Waals surface area contributed by atoms with Crippen molar-refractivity contribution in [2.24, 2.45) is 0 Å². The predicted octanol–water partition coefficient (Wildman–Crippen LogP) is 3.83. The minimum absolute atomic E-state index is 0.199. The summed E-state index contributed by atoms with van der Waals surface area (Å²) in [5.41, 5.74) is -0.781. The topological polar surface area (TPSA) is 25.0 Å². The van der Waals surface area contributed by atoms with E-state index in [1.807, 2.05) is 0 Å². The molecule has 0 fully saturated rings. The lowest BCUT2D eigenvalue weighted by atomic mass is 10.2. The first kappa shape index (κ1) is 10.6. The molecule has 0 radical (unpaired) electrons. The molecule has 1 aromatic heterocycles. The molecule has 16 heavy (non-hydrogen) atoms. The Labute approximate surface area is 89.7 Å². The van der Waals surface area contributed by atoms with Crippen molar-refractivity contribution < 1.29 is 17.9 Å². The lowest BCUT2D eigenvalue weighted by Gasteiger charge is -2.12. The molecular weight excluding hydrogens is 219 g/mol.